The topological polar surface area (TPSA) is 126 Å². The van der Waals surface area contributed by atoms with Gasteiger partial charge in [0.05, 0.1) is 16.7 Å². The molecule has 2 N–H and O–H groups in total. The van der Waals surface area contributed by atoms with Crippen LogP contribution in [0.1, 0.15) is 153 Å². The molecule has 0 saturated carbocycles. The Kier molecular flexibility index (Phi) is 10.6. The third-order valence-electron chi connectivity index (χ3n) is 8.96. The molecule has 10 nitrogen and oxygen atoms in total. The fourth-order valence-electron chi connectivity index (χ4n) is 7.12. The predicted molar refractivity (Wildman–Crippen MR) is 170 cm³/mol. The Bertz CT molecular complexity index is 1150. The van der Waals surface area contributed by atoms with Crippen molar-refractivity contribution in [3.8, 4) is 0 Å². The normalized spacial score (nSPS) is 22.8. The van der Waals surface area contributed by atoms with E-state index in [-0.39, 0.29) is 28.2 Å². The second kappa shape index (κ2) is 12.9. The standard InChI is InChI=1S/C35H56N2O8/c1-13-25(17-31(2,3)4)43-28(38)22-14-23(29(39)44-26-18-32(5,6)36(41)33(7,8)19-26)16-24(15-22)30(40)45-27-20-34(9,10)37(42)35(11,12)21-27/h14-16,25-27,41-42H,13,17-21H2,1-12H3. The average Bonchev–Trinajstić information content (AvgIpc) is 2.88. The molecule has 0 aliphatic carbocycles. The molecule has 0 aromatic heterocycles. The summed E-state index contributed by atoms with van der Waals surface area (Å²) in [6, 6.07) is 4.20. The number of esters is 3. The number of benzene rings is 1. The van der Waals surface area contributed by atoms with E-state index in [0.717, 1.165) is 0 Å². The molecule has 0 bridgehead atoms. The van der Waals surface area contributed by atoms with Gasteiger partial charge in [-0.25, -0.2) is 14.4 Å². The molecule has 45 heavy (non-hydrogen) atoms. The van der Waals surface area contributed by atoms with E-state index in [9.17, 15) is 24.8 Å². The van der Waals surface area contributed by atoms with E-state index < -0.39 is 52.3 Å². The number of carbonyl (C=O) groups excluding carboxylic acids is 3. The van der Waals surface area contributed by atoms with E-state index in [2.05, 4.69) is 20.8 Å². The van der Waals surface area contributed by atoms with Crippen molar-refractivity contribution >= 4 is 17.9 Å². The molecular weight excluding hydrogens is 576 g/mol. The molecular formula is C35H56N2O8. The highest BCUT2D eigenvalue weighted by Gasteiger charge is 2.47. The molecule has 1 aromatic carbocycles. The maximum atomic E-state index is 13.6. The van der Waals surface area contributed by atoms with Crippen LogP contribution in [0.5, 0.6) is 0 Å². The van der Waals surface area contributed by atoms with Gasteiger partial charge >= 0.3 is 17.9 Å². The zero-order chi connectivity index (χ0) is 34.3. The van der Waals surface area contributed by atoms with Gasteiger partial charge in [0.15, 0.2) is 0 Å². The molecule has 254 valence electrons. The van der Waals surface area contributed by atoms with Crippen LogP contribution < -0.4 is 0 Å². The van der Waals surface area contributed by atoms with E-state index >= 15 is 0 Å². The lowest BCUT2D eigenvalue weighted by Gasteiger charge is -2.50. The summed E-state index contributed by atoms with van der Waals surface area (Å²) in [6.07, 6.45) is 1.52. The van der Waals surface area contributed by atoms with E-state index in [0.29, 0.717) is 38.5 Å². The monoisotopic (exact) mass is 632 g/mol. The van der Waals surface area contributed by atoms with Crippen molar-refractivity contribution in [3.05, 3.63) is 34.9 Å². The molecule has 2 aliphatic rings. The van der Waals surface area contributed by atoms with E-state index in [4.69, 9.17) is 14.2 Å². The second-order valence-electron chi connectivity index (χ2n) is 16.7. The van der Waals surface area contributed by atoms with Gasteiger partial charge in [-0.2, -0.15) is 10.1 Å². The van der Waals surface area contributed by atoms with Crippen LogP contribution in [0, 0.1) is 5.41 Å². The molecule has 1 unspecified atom stereocenters. The molecule has 0 amide bonds. The average molecular weight is 633 g/mol. The van der Waals surface area contributed by atoms with E-state index in [1.807, 2.05) is 62.3 Å². The van der Waals surface area contributed by atoms with Gasteiger partial charge in [0.2, 0.25) is 0 Å². The van der Waals surface area contributed by atoms with E-state index in [1.165, 1.54) is 28.3 Å². The van der Waals surface area contributed by atoms with Crippen LogP contribution in [0.2, 0.25) is 0 Å². The first-order chi connectivity index (χ1) is 20.4. The number of ether oxygens (including phenoxy) is 3. The number of hydrogen-bond acceptors (Lipinski definition) is 10. The molecule has 1 atom stereocenters. The van der Waals surface area contributed by atoms with Crippen molar-refractivity contribution < 1.29 is 39.0 Å². The van der Waals surface area contributed by atoms with Gasteiger partial charge in [-0.1, -0.05) is 27.7 Å². The highest BCUT2D eigenvalue weighted by Crippen LogP contribution is 2.39. The van der Waals surface area contributed by atoms with Crippen LogP contribution in [-0.4, -0.2) is 78.9 Å². The molecule has 3 rings (SSSR count). The maximum absolute atomic E-state index is 13.6. The van der Waals surface area contributed by atoms with Crippen LogP contribution in [0.15, 0.2) is 18.2 Å². The molecule has 2 saturated heterocycles. The third-order valence-corrected chi connectivity index (χ3v) is 8.96. The van der Waals surface area contributed by atoms with Crippen LogP contribution >= 0.6 is 0 Å². The lowest BCUT2D eigenvalue weighted by molar-refractivity contribution is -0.256. The quantitative estimate of drug-likeness (QED) is 0.225. The summed E-state index contributed by atoms with van der Waals surface area (Å²) in [4.78, 5) is 40.6. The fraction of sp³-hybridized carbons (Fsp3) is 0.743. The minimum Gasteiger partial charge on any atom is -0.459 e. The van der Waals surface area contributed by atoms with E-state index in [1.54, 1.807) is 0 Å². The number of piperidine rings is 2. The molecule has 10 heteroatoms. The number of nitrogens with zero attached hydrogens (tertiary/aromatic N) is 2. The smallest absolute Gasteiger partial charge is 0.338 e. The molecule has 2 heterocycles. The van der Waals surface area contributed by atoms with Gasteiger partial charge in [-0.15, -0.1) is 0 Å². The molecule has 2 fully saturated rings. The van der Waals surface area contributed by atoms with Crippen molar-refractivity contribution in [1.82, 2.24) is 10.1 Å². The summed E-state index contributed by atoms with van der Waals surface area (Å²) >= 11 is 0. The Morgan fingerprint density at radius 2 is 1.02 bits per heavy atom. The van der Waals surface area contributed by atoms with Crippen LogP contribution in [0.4, 0.5) is 0 Å². The first kappa shape index (κ1) is 36.9. The predicted octanol–water partition coefficient (Wildman–Crippen LogP) is 7.19. The highest BCUT2D eigenvalue weighted by molar-refractivity contribution is 6.00. The third kappa shape index (κ3) is 9.05. The van der Waals surface area contributed by atoms with Gasteiger partial charge in [-0.05, 0) is 91.8 Å². The Morgan fingerprint density at radius 1 is 0.711 bits per heavy atom. The van der Waals surface area contributed by atoms with Gasteiger partial charge < -0.3 is 24.6 Å². The molecule has 2 aliphatic heterocycles. The van der Waals surface area contributed by atoms with Crippen LogP contribution in [0.3, 0.4) is 0 Å². The van der Waals surface area contributed by atoms with Gasteiger partial charge in [0.25, 0.3) is 0 Å². The summed E-state index contributed by atoms with van der Waals surface area (Å²) in [5.41, 5.74) is -2.49. The maximum Gasteiger partial charge on any atom is 0.338 e. The first-order valence-electron chi connectivity index (χ1n) is 16.1. The van der Waals surface area contributed by atoms with Crippen LogP contribution in [-0.2, 0) is 14.2 Å². The van der Waals surface area contributed by atoms with Gasteiger partial charge in [0.1, 0.15) is 18.3 Å². The van der Waals surface area contributed by atoms with Crippen molar-refractivity contribution in [2.45, 2.75) is 162 Å². The van der Waals surface area contributed by atoms with Gasteiger partial charge in [0, 0.05) is 47.8 Å². The van der Waals surface area contributed by atoms with Gasteiger partial charge in [-0.3, -0.25) is 0 Å². The second-order valence-corrected chi connectivity index (χ2v) is 16.7. The largest absolute Gasteiger partial charge is 0.459 e. The minimum atomic E-state index is -0.681. The van der Waals surface area contributed by atoms with Crippen molar-refractivity contribution in [2.75, 3.05) is 0 Å². The summed E-state index contributed by atoms with van der Waals surface area (Å²) < 4.78 is 17.7. The first-order valence-corrected chi connectivity index (χ1v) is 16.1. The summed E-state index contributed by atoms with van der Waals surface area (Å²) in [7, 11) is 0. The number of hydrogen-bond donors (Lipinski definition) is 2. The molecule has 0 radical (unpaired) electrons. The molecule has 0 spiro atoms. The minimum absolute atomic E-state index is 0.0353. The number of rotatable bonds is 8. The lowest BCUT2D eigenvalue weighted by atomic mass is 9.80. The Labute approximate surface area is 269 Å². The fourth-order valence-corrected chi connectivity index (χ4v) is 7.12. The zero-order valence-electron chi connectivity index (χ0n) is 29.4. The number of carbonyl (C=O) groups is 3. The Balaban J connectivity index is 1.93. The van der Waals surface area contributed by atoms with Crippen molar-refractivity contribution in [1.29, 1.82) is 0 Å². The summed E-state index contributed by atoms with van der Waals surface area (Å²) in [5, 5.41) is 24.0. The lowest BCUT2D eigenvalue weighted by Crippen LogP contribution is -2.60. The highest BCUT2D eigenvalue weighted by atomic mass is 16.6. The van der Waals surface area contributed by atoms with Crippen molar-refractivity contribution in [2.24, 2.45) is 5.41 Å². The summed E-state index contributed by atoms with van der Waals surface area (Å²) in [6.45, 7) is 23.2. The molecule has 1 aromatic rings. The Hall–Kier alpha value is -2.53. The number of hydroxylamine groups is 4. The van der Waals surface area contributed by atoms with Crippen molar-refractivity contribution in [3.63, 3.8) is 0 Å². The summed E-state index contributed by atoms with van der Waals surface area (Å²) in [5.74, 6) is -2.00. The SMILES string of the molecule is CCC(CC(C)(C)C)OC(=O)c1cc(C(=O)OC2CC(C)(C)N(O)C(C)(C)C2)cc(C(=O)OC2CC(C)(C)N(O)C(C)(C)C2)c1. The van der Waals surface area contributed by atoms with Crippen LogP contribution in [0.25, 0.3) is 0 Å². The Morgan fingerprint density at radius 3 is 1.31 bits per heavy atom. The zero-order valence-corrected chi connectivity index (χ0v) is 29.4.